The monoisotopic (exact) mass is 589 g/mol. The molecule has 0 saturated heterocycles. The van der Waals surface area contributed by atoms with Crippen LogP contribution in [-0.4, -0.2) is 43.8 Å². The Kier molecular flexibility index (Phi) is 10.4. The fourth-order valence-electron chi connectivity index (χ4n) is 3.84. The van der Waals surface area contributed by atoms with Gasteiger partial charge in [0.15, 0.2) is 0 Å². The minimum absolute atomic E-state index is 0.0257. The average Bonchev–Trinajstić information content (AvgIpc) is 2.92. The van der Waals surface area contributed by atoms with Gasteiger partial charge in [0, 0.05) is 12.6 Å². The first-order valence-corrected chi connectivity index (χ1v) is 14.8. The van der Waals surface area contributed by atoms with E-state index < -0.39 is 28.5 Å². The molecule has 0 spiro atoms. The molecule has 0 heterocycles. The van der Waals surface area contributed by atoms with Gasteiger partial charge < -0.3 is 10.2 Å². The third-order valence-electron chi connectivity index (χ3n) is 6.44. The van der Waals surface area contributed by atoms with Crippen LogP contribution in [0.3, 0.4) is 0 Å². The van der Waals surface area contributed by atoms with Gasteiger partial charge in [0.25, 0.3) is 10.0 Å². The molecule has 1 N–H and O–H groups in total. The van der Waals surface area contributed by atoms with Gasteiger partial charge in [0.1, 0.15) is 12.6 Å². The lowest BCUT2D eigenvalue weighted by Gasteiger charge is -2.32. The van der Waals surface area contributed by atoms with Gasteiger partial charge in [-0.25, -0.2) is 8.42 Å². The zero-order valence-corrected chi connectivity index (χ0v) is 24.7. The van der Waals surface area contributed by atoms with Crippen LogP contribution < -0.4 is 9.62 Å². The molecule has 0 fully saturated rings. The fourth-order valence-corrected chi connectivity index (χ4v) is 5.60. The summed E-state index contributed by atoms with van der Waals surface area (Å²) in [7, 11) is -4.10. The highest BCUT2D eigenvalue weighted by Crippen LogP contribution is 2.26. The Labute approximate surface area is 240 Å². The predicted octanol–water partition coefficient (Wildman–Crippen LogP) is 5.83. The summed E-state index contributed by atoms with van der Waals surface area (Å²) >= 11 is 12.3. The maximum atomic E-state index is 13.9. The normalized spacial score (nSPS) is 12.9. The minimum atomic E-state index is -4.10. The van der Waals surface area contributed by atoms with Gasteiger partial charge in [0.05, 0.1) is 20.6 Å². The van der Waals surface area contributed by atoms with E-state index >= 15 is 0 Å². The van der Waals surface area contributed by atoms with Gasteiger partial charge in [-0.3, -0.25) is 13.9 Å². The Morgan fingerprint density at radius 3 is 2.15 bits per heavy atom. The van der Waals surface area contributed by atoms with Crippen LogP contribution in [0.15, 0.2) is 77.7 Å². The number of aryl methyl sites for hydroxylation is 1. The van der Waals surface area contributed by atoms with Gasteiger partial charge in [-0.2, -0.15) is 0 Å². The van der Waals surface area contributed by atoms with Crippen molar-refractivity contribution in [2.75, 3.05) is 10.8 Å². The summed E-state index contributed by atoms with van der Waals surface area (Å²) in [5.74, 6) is -0.890. The van der Waals surface area contributed by atoms with Crippen LogP contribution in [0.25, 0.3) is 0 Å². The third-order valence-corrected chi connectivity index (χ3v) is 8.96. The lowest BCUT2D eigenvalue weighted by Crippen LogP contribution is -2.52. The van der Waals surface area contributed by atoms with Crippen LogP contribution in [0.5, 0.6) is 0 Å². The second-order valence-corrected chi connectivity index (χ2v) is 12.1. The Bertz CT molecular complexity index is 1400. The number of sulfonamides is 1. The molecule has 3 rings (SSSR count). The van der Waals surface area contributed by atoms with Crippen molar-refractivity contribution in [3.8, 4) is 0 Å². The molecule has 0 unspecified atom stereocenters. The molecule has 3 aromatic rings. The molecule has 0 saturated carbocycles. The van der Waals surface area contributed by atoms with Crippen molar-refractivity contribution in [1.82, 2.24) is 10.2 Å². The zero-order valence-electron chi connectivity index (χ0n) is 22.4. The van der Waals surface area contributed by atoms with E-state index in [-0.39, 0.29) is 23.4 Å². The average molecular weight is 591 g/mol. The first-order valence-electron chi connectivity index (χ1n) is 12.6. The van der Waals surface area contributed by atoms with E-state index in [0.29, 0.717) is 21.3 Å². The Morgan fingerprint density at radius 2 is 1.56 bits per heavy atom. The zero-order chi connectivity index (χ0) is 28.7. The van der Waals surface area contributed by atoms with Crippen LogP contribution in [-0.2, 0) is 26.2 Å². The molecular weight excluding hydrogens is 557 g/mol. The van der Waals surface area contributed by atoms with Gasteiger partial charge in [-0.15, -0.1) is 0 Å². The number of nitrogens with one attached hydrogen (secondary N) is 1. The smallest absolute Gasteiger partial charge is 0.264 e. The minimum Gasteiger partial charge on any atom is -0.352 e. The number of nitrogens with zero attached hydrogens (tertiary/aromatic N) is 2. The Hall–Kier alpha value is -3.07. The molecule has 7 nitrogen and oxygen atoms in total. The fraction of sp³-hybridized carbons (Fsp3) is 0.310. The van der Waals surface area contributed by atoms with Crippen molar-refractivity contribution < 1.29 is 18.0 Å². The van der Waals surface area contributed by atoms with Gasteiger partial charge >= 0.3 is 0 Å². The molecule has 208 valence electrons. The second kappa shape index (κ2) is 13.3. The van der Waals surface area contributed by atoms with Crippen molar-refractivity contribution in [3.63, 3.8) is 0 Å². The standard InChI is InChI=1S/C29H33Cl2N3O4S/c1-5-21(3)32-29(36)22(4)33(18-23-13-16-26(30)27(31)17-23)28(35)19-34(24-14-11-20(2)12-15-24)39(37,38)25-9-7-6-8-10-25/h6-17,21-22H,5,18-19H2,1-4H3,(H,32,36)/t21-,22+/m0/s1. The molecule has 2 amide bonds. The molecule has 3 aromatic carbocycles. The van der Waals surface area contributed by atoms with Crippen molar-refractivity contribution in [2.24, 2.45) is 0 Å². The van der Waals surface area contributed by atoms with Gasteiger partial charge in [-0.05, 0) is 69.2 Å². The number of hydrogen-bond acceptors (Lipinski definition) is 4. The van der Waals surface area contributed by atoms with E-state index in [1.54, 1.807) is 67.6 Å². The van der Waals surface area contributed by atoms with Crippen LogP contribution in [0.4, 0.5) is 5.69 Å². The molecule has 0 aliphatic carbocycles. The van der Waals surface area contributed by atoms with Crippen LogP contribution in [0, 0.1) is 6.92 Å². The van der Waals surface area contributed by atoms with Crippen LogP contribution in [0.1, 0.15) is 38.3 Å². The highest BCUT2D eigenvalue weighted by Gasteiger charge is 2.32. The highest BCUT2D eigenvalue weighted by molar-refractivity contribution is 7.92. The summed E-state index contributed by atoms with van der Waals surface area (Å²) in [6, 6.07) is 18.8. The topological polar surface area (TPSA) is 86.8 Å². The third kappa shape index (κ3) is 7.75. The van der Waals surface area contributed by atoms with E-state index in [9.17, 15) is 18.0 Å². The predicted molar refractivity (Wildman–Crippen MR) is 157 cm³/mol. The first-order chi connectivity index (χ1) is 18.4. The van der Waals surface area contributed by atoms with Crippen molar-refractivity contribution >= 4 is 50.7 Å². The summed E-state index contributed by atoms with van der Waals surface area (Å²) < 4.78 is 28.6. The van der Waals surface area contributed by atoms with Crippen LogP contribution in [0.2, 0.25) is 10.0 Å². The summed E-state index contributed by atoms with van der Waals surface area (Å²) in [6.07, 6.45) is 0.718. The molecule has 0 aliphatic rings. The Morgan fingerprint density at radius 1 is 0.923 bits per heavy atom. The summed E-state index contributed by atoms with van der Waals surface area (Å²) in [5, 5.41) is 3.58. The van der Waals surface area contributed by atoms with E-state index in [1.165, 1.54) is 17.0 Å². The number of hydrogen-bond donors (Lipinski definition) is 1. The number of carbonyl (C=O) groups excluding carboxylic acids is 2. The number of halogens is 2. The SMILES string of the molecule is CC[C@H](C)NC(=O)[C@@H](C)N(Cc1ccc(Cl)c(Cl)c1)C(=O)CN(c1ccc(C)cc1)S(=O)(=O)c1ccccc1. The summed E-state index contributed by atoms with van der Waals surface area (Å²) in [6.45, 7) is 6.85. The first kappa shape index (κ1) is 30.5. The Balaban J connectivity index is 2.02. The number of rotatable bonds is 11. The molecular formula is C29H33Cl2N3O4S. The number of benzene rings is 3. The van der Waals surface area contributed by atoms with E-state index in [2.05, 4.69) is 5.32 Å². The van der Waals surface area contributed by atoms with E-state index in [0.717, 1.165) is 16.3 Å². The van der Waals surface area contributed by atoms with Crippen molar-refractivity contribution in [3.05, 3.63) is 94.0 Å². The molecule has 0 aliphatic heterocycles. The highest BCUT2D eigenvalue weighted by atomic mass is 35.5. The maximum Gasteiger partial charge on any atom is 0.264 e. The maximum absolute atomic E-state index is 13.9. The molecule has 2 atom stereocenters. The molecule has 39 heavy (non-hydrogen) atoms. The molecule has 0 aromatic heterocycles. The quantitative estimate of drug-likeness (QED) is 0.305. The lowest BCUT2D eigenvalue weighted by atomic mass is 10.1. The molecule has 10 heteroatoms. The lowest BCUT2D eigenvalue weighted by molar-refractivity contribution is -0.139. The van der Waals surface area contributed by atoms with E-state index in [1.807, 2.05) is 20.8 Å². The second-order valence-electron chi connectivity index (χ2n) is 9.42. The number of amides is 2. The van der Waals surface area contributed by atoms with E-state index in [4.69, 9.17) is 23.2 Å². The summed E-state index contributed by atoms with van der Waals surface area (Å²) in [4.78, 5) is 28.4. The largest absolute Gasteiger partial charge is 0.352 e. The van der Waals surface area contributed by atoms with Crippen LogP contribution >= 0.6 is 23.2 Å². The van der Waals surface area contributed by atoms with Crippen molar-refractivity contribution in [1.29, 1.82) is 0 Å². The summed E-state index contributed by atoms with van der Waals surface area (Å²) in [5.41, 5.74) is 1.93. The van der Waals surface area contributed by atoms with Gasteiger partial charge in [0.2, 0.25) is 11.8 Å². The number of anilines is 1. The molecule has 0 bridgehead atoms. The number of carbonyl (C=O) groups is 2. The van der Waals surface area contributed by atoms with Gasteiger partial charge in [-0.1, -0.05) is 72.1 Å². The van der Waals surface area contributed by atoms with Crippen molar-refractivity contribution in [2.45, 2.75) is 57.6 Å². The molecule has 0 radical (unpaired) electrons.